The maximum absolute atomic E-state index is 11.7. The normalized spacial score (nSPS) is 18.6. The molecule has 0 N–H and O–H groups in total. The smallest absolute Gasteiger partial charge is 0.495 e. The van der Waals surface area contributed by atoms with Crippen LogP contribution in [0.5, 0.6) is 5.75 Å². The van der Waals surface area contributed by atoms with Crippen molar-refractivity contribution in [3.05, 3.63) is 35.2 Å². The van der Waals surface area contributed by atoms with E-state index in [-0.39, 0.29) is 0 Å². The van der Waals surface area contributed by atoms with Crippen molar-refractivity contribution in [2.45, 2.75) is 38.9 Å². The molecule has 1 aromatic carbocycles. The number of rotatable bonds is 4. The number of aldehydes is 1. The van der Waals surface area contributed by atoms with Gasteiger partial charge in [-0.15, -0.1) is 11.3 Å². The molecule has 1 aliphatic rings. The van der Waals surface area contributed by atoms with Gasteiger partial charge in [-0.1, -0.05) is 6.07 Å². The van der Waals surface area contributed by atoms with Crippen molar-refractivity contribution < 1.29 is 18.8 Å². The van der Waals surface area contributed by atoms with Crippen molar-refractivity contribution in [1.29, 1.82) is 0 Å². The molecule has 0 amide bonds. The van der Waals surface area contributed by atoms with Crippen LogP contribution in [0.4, 0.5) is 0 Å². The summed E-state index contributed by atoms with van der Waals surface area (Å²) in [6, 6.07) is 7.67. The van der Waals surface area contributed by atoms with Gasteiger partial charge in [-0.05, 0) is 56.7 Å². The van der Waals surface area contributed by atoms with Crippen LogP contribution < -0.4 is 10.2 Å². The van der Waals surface area contributed by atoms with Crippen LogP contribution in [0.3, 0.4) is 0 Å². The molecular formula is C18H21BO4S. The number of carbonyl (C=O) groups excluding carboxylic acids is 1. The Bertz CT molecular complexity index is 737. The third-order valence-electron chi connectivity index (χ3n) is 4.83. The molecule has 0 bridgehead atoms. The summed E-state index contributed by atoms with van der Waals surface area (Å²) >= 11 is 1.60. The SMILES string of the molecule is COc1cc(B2OC(C)(C)C(C)(C)O2)c(C=O)cc1-c1cccs1. The second-order valence-electron chi connectivity index (χ2n) is 6.86. The Kier molecular flexibility index (Phi) is 4.32. The zero-order chi connectivity index (χ0) is 17.5. The first-order valence-corrected chi connectivity index (χ1v) is 8.73. The standard InChI is InChI=1S/C18H21BO4S/c1-17(2)18(3,4)23-19(22-17)14-10-15(21-5)13(9-12(14)11-20)16-7-6-8-24-16/h6-11H,1-5H3. The van der Waals surface area contributed by atoms with E-state index < -0.39 is 18.3 Å². The summed E-state index contributed by atoms with van der Waals surface area (Å²) in [6.45, 7) is 7.96. The van der Waals surface area contributed by atoms with Gasteiger partial charge in [0.1, 0.15) is 12.0 Å². The summed E-state index contributed by atoms with van der Waals surface area (Å²) in [5.41, 5.74) is 1.22. The van der Waals surface area contributed by atoms with Gasteiger partial charge >= 0.3 is 7.12 Å². The van der Waals surface area contributed by atoms with Crippen LogP contribution in [0.2, 0.25) is 0 Å². The molecule has 2 heterocycles. The molecule has 126 valence electrons. The Balaban J connectivity index is 2.08. The molecule has 0 aliphatic carbocycles. The lowest BCUT2D eigenvalue weighted by Gasteiger charge is -2.32. The highest BCUT2D eigenvalue weighted by Gasteiger charge is 2.52. The van der Waals surface area contributed by atoms with E-state index in [0.717, 1.165) is 16.7 Å². The molecule has 0 atom stereocenters. The highest BCUT2D eigenvalue weighted by molar-refractivity contribution is 7.13. The zero-order valence-corrected chi connectivity index (χ0v) is 15.4. The van der Waals surface area contributed by atoms with Crippen LogP contribution in [-0.4, -0.2) is 31.7 Å². The Labute approximate surface area is 146 Å². The second kappa shape index (κ2) is 6.03. The quantitative estimate of drug-likeness (QED) is 0.629. The van der Waals surface area contributed by atoms with E-state index in [9.17, 15) is 4.79 Å². The minimum absolute atomic E-state index is 0.461. The monoisotopic (exact) mass is 344 g/mol. The summed E-state index contributed by atoms with van der Waals surface area (Å²) < 4.78 is 17.7. The molecule has 4 nitrogen and oxygen atoms in total. The van der Waals surface area contributed by atoms with Crippen molar-refractivity contribution >= 4 is 30.2 Å². The Hall–Kier alpha value is -1.63. The van der Waals surface area contributed by atoms with Crippen molar-refractivity contribution in [2.24, 2.45) is 0 Å². The summed E-state index contributed by atoms with van der Waals surface area (Å²) in [6.07, 6.45) is 0.844. The molecule has 1 aliphatic heterocycles. The highest BCUT2D eigenvalue weighted by Crippen LogP contribution is 2.38. The average Bonchev–Trinajstić information content (AvgIpc) is 3.12. The molecule has 24 heavy (non-hydrogen) atoms. The minimum Gasteiger partial charge on any atom is -0.496 e. The Morgan fingerprint density at radius 1 is 1.17 bits per heavy atom. The third-order valence-corrected chi connectivity index (χ3v) is 5.73. The first kappa shape index (κ1) is 17.2. The molecular weight excluding hydrogens is 323 g/mol. The van der Waals surface area contributed by atoms with Crippen LogP contribution in [0.15, 0.2) is 29.6 Å². The molecule has 0 radical (unpaired) electrons. The molecule has 1 fully saturated rings. The first-order valence-electron chi connectivity index (χ1n) is 7.85. The lowest BCUT2D eigenvalue weighted by molar-refractivity contribution is 0.00578. The van der Waals surface area contributed by atoms with Gasteiger partial charge in [0.25, 0.3) is 0 Å². The van der Waals surface area contributed by atoms with E-state index in [0.29, 0.717) is 16.8 Å². The largest absolute Gasteiger partial charge is 0.496 e. The Morgan fingerprint density at radius 3 is 2.33 bits per heavy atom. The summed E-state index contributed by atoms with van der Waals surface area (Å²) in [5.74, 6) is 0.702. The van der Waals surface area contributed by atoms with Gasteiger partial charge in [0.15, 0.2) is 0 Å². The average molecular weight is 344 g/mol. The second-order valence-corrected chi connectivity index (χ2v) is 7.81. The summed E-state index contributed by atoms with van der Waals surface area (Å²) in [7, 11) is 1.03. The molecule has 3 rings (SSSR count). The van der Waals surface area contributed by atoms with Crippen molar-refractivity contribution in [1.82, 2.24) is 0 Å². The third kappa shape index (κ3) is 2.79. The van der Waals surface area contributed by atoms with E-state index in [1.165, 1.54) is 0 Å². The molecule has 0 unspecified atom stereocenters. The van der Waals surface area contributed by atoms with Gasteiger partial charge in [-0.25, -0.2) is 0 Å². The number of thiophene rings is 1. The van der Waals surface area contributed by atoms with Gasteiger partial charge < -0.3 is 14.0 Å². The molecule has 0 saturated carbocycles. The fraction of sp³-hybridized carbons (Fsp3) is 0.389. The fourth-order valence-electron chi connectivity index (χ4n) is 2.68. The topological polar surface area (TPSA) is 44.8 Å². The van der Waals surface area contributed by atoms with Crippen molar-refractivity contribution in [2.75, 3.05) is 7.11 Å². The van der Waals surface area contributed by atoms with Gasteiger partial charge in [-0.3, -0.25) is 4.79 Å². The molecule has 6 heteroatoms. The van der Waals surface area contributed by atoms with E-state index in [4.69, 9.17) is 14.0 Å². The number of hydrogen-bond donors (Lipinski definition) is 0. The van der Waals surface area contributed by atoms with E-state index in [1.807, 2.05) is 57.3 Å². The molecule has 1 aromatic heterocycles. The minimum atomic E-state index is -0.596. The van der Waals surface area contributed by atoms with Gasteiger partial charge in [-0.2, -0.15) is 0 Å². The number of carbonyl (C=O) groups is 1. The van der Waals surface area contributed by atoms with Crippen molar-refractivity contribution in [3.63, 3.8) is 0 Å². The predicted molar refractivity (Wildman–Crippen MR) is 97.4 cm³/mol. The van der Waals surface area contributed by atoms with Crippen LogP contribution in [0.1, 0.15) is 38.1 Å². The maximum atomic E-state index is 11.7. The lowest BCUT2D eigenvalue weighted by atomic mass is 9.75. The number of hydrogen-bond acceptors (Lipinski definition) is 5. The summed E-state index contributed by atoms with van der Waals surface area (Å²) in [5, 5.41) is 2.00. The van der Waals surface area contributed by atoms with Crippen LogP contribution in [-0.2, 0) is 9.31 Å². The highest BCUT2D eigenvalue weighted by atomic mass is 32.1. The van der Waals surface area contributed by atoms with Crippen molar-refractivity contribution in [3.8, 4) is 16.2 Å². The van der Waals surface area contributed by atoms with Gasteiger partial charge in [0.05, 0.1) is 18.3 Å². The zero-order valence-electron chi connectivity index (χ0n) is 14.6. The van der Waals surface area contributed by atoms with Crippen LogP contribution >= 0.6 is 11.3 Å². The molecule has 2 aromatic rings. The van der Waals surface area contributed by atoms with E-state index in [1.54, 1.807) is 18.4 Å². The number of methoxy groups -OCH3 is 1. The van der Waals surface area contributed by atoms with E-state index in [2.05, 4.69) is 0 Å². The fourth-order valence-corrected chi connectivity index (χ4v) is 3.43. The predicted octanol–water partition coefficient (Wildman–Crippen LogP) is 3.54. The number of benzene rings is 1. The lowest BCUT2D eigenvalue weighted by Crippen LogP contribution is -2.41. The number of ether oxygens (including phenoxy) is 1. The molecule has 0 spiro atoms. The van der Waals surface area contributed by atoms with E-state index >= 15 is 0 Å². The summed E-state index contributed by atoms with van der Waals surface area (Å²) in [4.78, 5) is 12.7. The first-order chi connectivity index (χ1) is 11.3. The maximum Gasteiger partial charge on any atom is 0.495 e. The Morgan fingerprint density at radius 2 is 1.83 bits per heavy atom. The van der Waals surface area contributed by atoms with Gasteiger partial charge in [0, 0.05) is 16.0 Å². The van der Waals surface area contributed by atoms with Crippen LogP contribution in [0, 0.1) is 0 Å². The van der Waals surface area contributed by atoms with Gasteiger partial charge in [0.2, 0.25) is 0 Å². The molecule has 1 saturated heterocycles. The van der Waals surface area contributed by atoms with Crippen LogP contribution in [0.25, 0.3) is 10.4 Å².